The number of hydrogen-bond acceptors (Lipinski definition) is 4. The Kier molecular flexibility index (Phi) is 4.21. The molecule has 1 aromatic carbocycles. The molecular formula is C12H14ClN3O3. The van der Waals surface area contributed by atoms with Crippen molar-refractivity contribution >= 4 is 28.9 Å². The van der Waals surface area contributed by atoms with E-state index in [-0.39, 0.29) is 28.8 Å². The zero-order chi connectivity index (χ0) is 13.8. The molecule has 102 valence electrons. The van der Waals surface area contributed by atoms with Crippen molar-refractivity contribution in [3.63, 3.8) is 0 Å². The van der Waals surface area contributed by atoms with Crippen LogP contribution in [0.25, 0.3) is 0 Å². The summed E-state index contributed by atoms with van der Waals surface area (Å²) in [6, 6.07) is 4.29. The second-order valence-electron chi connectivity index (χ2n) is 4.52. The monoisotopic (exact) mass is 283 g/mol. The van der Waals surface area contributed by atoms with Gasteiger partial charge in [-0.1, -0.05) is 11.6 Å². The first-order chi connectivity index (χ1) is 9.06. The van der Waals surface area contributed by atoms with Crippen molar-refractivity contribution in [3.8, 4) is 0 Å². The smallest absolute Gasteiger partial charge is 0.293 e. The van der Waals surface area contributed by atoms with Crippen LogP contribution in [0.3, 0.4) is 0 Å². The Bertz CT molecular complexity index is 503. The summed E-state index contributed by atoms with van der Waals surface area (Å²) < 4.78 is 0. The van der Waals surface area contributed by atoms with Crippen molar-refractivity contribution in [1.82, 2.24) is 5.32 Å². The molecule has 2 rings (SSSR count). The van der Waals surface area contributed by atoms with Gasteiger partial charge in [0.15, 0.2) is 0 Å². The van der Waals surface area contributed by atoms with E-state index in [4.69, 9.17) is 11.6 Å². The highest BCUT2D eigenvalue weighted by Crippen LogP contribution is 2.28. The van der Waals surface area contributed by atoms with Crippen LogP contribution in [0.2, 0.25) is 5.02 Å². The molecule has 6 nitrogen and oxygen atoms in total. The Morgan fingerprint density at radius 3 is 2.84 bits per heavy atom. The maximum Gasteiger partial charge on any atom is 0.293 e. The highest BCUT2D eigenvalue weighted by Gasteiger charge is 2.21. The number of rotatable bonds is 6. The maximum absolute atomic E-state index is 11.5. The van der Waals surface area contributed by atoms with Crippen LogP contribution in [0.5, 0.6) is 0 Å². The second-order valence-corrected chi connectivity index (χ2v) is 4.96. The largest absolute Gasteiger partial charge is 0.371 e. The van der Waals surface area contributed by atoms with Crippen LogP contribution in [-0.2, 0) is 4.79 Å². The molecule has 1 aromatic rings. The topological polar surface area (TPSA) is 84.3 Å². The molecule has 0 radical (unpaired) electrons. The Morgan fingerprint density at radius 1 is 1.47 bits per heavy atom. The highest BCUT2D eigenvalue weighted by atomic mass is 35.5. The van der Waals surface area contributed by atoms with Gasteiger partial charge in [0.2, 0.25) is 5.91 Å². The van der Waals surface area contributed by atoms with Crippen LogP contribution >= 0.6 is 11.6 Å². The lowest BCUT2D eigenvalue weighted by Gasteiger charge is -2.08. The quantitative estimate of drug-likeness (QED) is 0.619. The molecule has 0 spiro atoms. The number of carbonyl (C=O) groups is 1. The number of benzene rings is 1. The first kappa shape index (κ1) is 13.6. The molecule has 1 aliphatic rings. The molecule has 1 amide bonds. The van der Waals surface area contributed by atoms with E-state index in [2.05, 4.69) is 10.6 Å². The molecule has 0 aliphatic heterocycles. The van der Waals surface area contributed by atoms with Gasteiger partial charge in [0, 0.05) is 17.6 Å². The number of nitrogens with zero attached hydrogens (tertiary/aromatic N) is 1. The second kappa shape index (κ2) is 5.88. The number of nitro groups is 1. The van der Waals surface area contributed by atoms with Gasteiger partial charge in [-0.2, -0.15) is 0 Å². The summed E-state index contributed by atoms with van der Waals surface area (Å²) >= 11 is 5.70. The number of anilines is 1. The summed E-state index contributed by atoms with van der Waals surface area (Å²) in [5, 5.41) is 16.7. The van der Waals surface area contributed by atoms with Gasteiger partial charge in [0.05, 0.1) is 11.5 Å². The Hall–Kier alpha value is -1.82. The van der Waals surface area contributed by atoms with E-state index >= 15 is 0 Å². The van der Waals surface area contributed by atoms with Gasteiger partial charge in [0.1, 0.15) is 5.69 Å². The van der Waals surface area contributed by atoms with E-state index < -0.39 is 4.92 Å². The predicted octanol–water partition coefficient (Wildman–Crippen LogP) is 2.19. The van der Waals surface area contributed by atoms with E-state index in [0.717, 1.165) is 12.8 Å². The van der Waals surface area contributed by atoms with Crippen molar-refractivity contribution in [2.24, 2.45) is 5.92 Å². The van der Waals surface area contributed by atoms with Gasteiger partial charge in [-0.15, -0.1) is 0 Å². The lowest BCUT2D eigenvalue weighted by Crippen LogP contribution is -2.31. The van der Waals surface area contributed by atoms with Crippen LogP contribution in [0.4, 0.5) is 11.4 Å². The molecule has 0 saturated heterocycles. The van der Waals surface area contributed by atoms with Gasteiger partial charge < -0.3 is 10.6 Å². The standard InChI is InChI=1S/C12H14ClN3O3/c13-9-3-4-10(11(5-9)16(18)19)14-7-12(17)15-6-8-1-2-8/h3-5,8,14H,1-2,6-7H2,(H,15,17). The number of nitrogens with one attached hydrogen (secondary N) is 2. The minimum atomic E-state index is -0.531. The normalized spacial score (nSPS) is 13.9. The van der Waals surface area contributed by atoms with Crippen LogP contribution in [0.15, 0.2) is 18.2 Å². The third kappa shape index (κ3) is 4.10. The summed E-state index contributed by atoms with van der Waals surface area (Å²) in [6.07, 6.45) is 2.33. The van der Waals surface area contributed by atoms with E-state index in [9.17, 15) is 14.9 Å². The Labute approximate surface area is 115 Å². The summed E-state index contributed by atoms with van der Waals surface area (Å²) in [5.74, 6) is 0.435. The molecule has 19 heavy (non-hydrogen) atoms. The van der Waals surface area contributed by atoms with Crippen LogP contribution in [0.1, 0.15) is 12.8 Å². The fraction of sp³-hybridized carbons (Fsp3) is 0.417. The predicted molar refractivity (Wildman–Crippen MR) is 72.3 cm³/mol. The van der Waals surface area contributed by atoms with Gasteiger partial charge in [-0.25, -0.2) is 0 Å². The summed E-state index contributed by atoms with van der Waals surface area (Å²) in [5.41, 5.74) is 0.151. The molecule has 0 atom stereocenters. The third-order valence-corrected chi connectivity index (χ3v) is 3.12. The van der Waals surface area contributed by atoms with Gasteiger partial charge >= 0.3 is 0 Å². The minimum absolute atomic E-state index is 0.00912. The molecule has 0 aromatic heterocycles. The number of carbonyl (C=O) groups excluding carboxylic acids is 1. The number of nitro benzene ring substituents is 1. The molecular weight excluding hydrogens is 270 g/mol. The molecule has 1 aliphatic carbocycles. The van der Waals surface area contributed by atoms with Crippen molar-refractivity contribution in [3.05, 3.63) is 33.3 Å². The highest BCUT2D eigenvalue weighted by molar-refractivity contribution is 6.30. The Balaban J connectivity index is 1.90. The lowest BCUT2D eigenvalue weighted by molar-refractivity contribution is -0.383. The molecule has 1 saturated carbocycles. The molecule has 0 bridgehead atoms. The zero-order valence-electron chi connectivity index (χ0n) is 10.2. The van der Waals surface area contributed by atoms with Crippen LogP contribution < -0.4 is 10.6 Å². The molecule has 1 fully saturated rings. The van der Waals surface area contributed by atoms with E-state index in [1.54, 1.807) is 6.07 Å². The lowest BCUT2D eigenvalue weighted by atomic mass is 10.2. The first-order valence-electron chi connectivity index (χ1n) is 6.01. The van der Waals surface area contributed by atoms with Crippen molar-refractivity contribution in [2.75, 3.05) is 18.4 Å². The van der Waals surface area contributed by atoms with Crippen molar-refractivity contribution in [1.29, 1.82) is 0 Å². The SMILES string of the molecule is O=C(CNc1ccc(Cl)cc1[N+](=O)[O-])NCC1CC1. The van der Waals surface area contributed by atoms with Gasteiger partial charge in [-0.05, 0) is 30.9 Å². The zero-order valence-corrected chi connectivity index (χ0v) is 10.9. The van der Waals surface area contributed by atoms with Crippen molar-refractivity contribution < 1.29 is 9.72 Å². The fourth-order valence-electron chi connectivity index (χ4n) is 1.62. The average Bonchev–Trinajstić information content (AvgIpc) is 3.18. The minimum Gasteiger partial charge on any atom is -0.371 e. The summed E-state index contributed by atoms with van der Waals surface area (Å²) in [6.45, 7) is 0.693. The average molecular weight is 284 g/mol. The van der Waals surface area contributed by atoms with Gasteiger partial charge in [0.25, 0.3) is 5.69 Å². The summed E-state index contributed by atoms with van der Waals surface area (Å²) in [4.78, 5) is 21.8. The fourth-order valence-corrected chi connectivity index (χ4v) is 1.79. The number of hydrogen-bond donors (Lipinski definition) is 2. The summed E-state index contributed by atoms with van der Waals surface area (Å²) in [7, 11) is 0. The van der Waals surface area contributed by atoms with E-state index in [0.29, 0.717) is 12.5 Å². The third-order valence-electron chi connectivity index (χ3n) is 2.88. The first-order valence-corrected chi connectivity index (χ1v) is 6.38. The maximum atomic E-state index is 11.5. The van der Waals surface area contributed by atoms with E-state index in [1.807, 2.05) is 0 Å². The molecule has 2 N–H and O–H groups in total. The van der Waals surface area contributed by atoms with Crippen LogP contribution in [-0.4, -0.2) is 23.9 Å². The van der Waals surface area contributed by atoms with Crippen molar-refractivity contribution in [2.45, 2.75) is 12.8 Å². The molecule has 7 heteroatoms. The molecule has 0 unspecified atom stereocenters. The number of amides is 1. The van der Waals surface area contributed by atoms with E-state index in [1.165, 1.54) is 12.1 Å². The van der Waals surface area contributed by atoms with Gasteiger partial charge in [-0.3, -0.25) is 14.9 Å². The molecule has 0 heterocycles. The Morgan fingerprint density at radius 2 is 2.21 bits per heavy atom. The number of halogens is 1. The van der Waals surface area contributed by atoms with Crippen LogP contribution in [0, 0.1) is 16.0 Å².